The van der Waals surface area contributed by atoms with Crippen molar-refractivity contribution in [2.24, 2.45) is 5.92 Å². The van der Waals surface area contributed by atoms with Crippen molar-refractivity contribution in [2.45, 2.75) is 25.8 Å². The molecule has 2 heterocycles. The highest BCUT2D eigenvalue weighted by Gasteiger charge is 2.35. The molecular weight excluding hydrogens is 550 g/mol. The number of amides is 2. The number of hydrogen-bond acceptors (Lipinski definition) is 8. The molecule has 2 unspecified atom stereocenters. The van der Waals surface area contributed by atoms with Gasteiger partial charge in [-0.2, -0.15) is 0 Å². The number of hydrogen-bond donors (Lipinski definition) is 1. The lowest BCUT2D eigenvalue weighted by molar-refractivity contribution is -0.121. The van der Waals surface area contributed by atoms with Crippen LogP contribution in [0.2, 0.25) is 0 Å². The summed E-state index contributed by atoms with van der Waals surface area (Å²) in [6, 6.07) is 13.3. The number of carbonyl (C=O) groups is 2. The van der Waals surface area contributed by atoms with Crippen LogP contribution in [0, 0.1) is 5.92 Å². The van der Waals surface area contributed by atoms with Crippen LogP contribution in [0.15, 0.2) is 53.1 Å². The Morgan fingerprint density at radius 1 is 1.00 bits per heavy atom. The van der Waals surface area contributed by atoms with E-state index in [-0.39, 0.29) is 23.5 Å². The normalized spacial score (nSPS) is 19.2. The molecule has 43 heavy (non-hydrogen) atoms. The highest BCUT2D eigenvalue weighted by atomic mass is 16.6. The minimum absolute atomic E-state index is 0.0307. The van der Waals surface area contributed by atoms with Gasteiger partial charge in [0.15, 0.2) is 11.5 Å². The molecule has 10 heteroatoms. The Kier molecular flexibility index (Phi) is 9.25. The van der Waals surface area contributed by atoms with Gasteiger partial charge in [-0.15, -0.1) is 0 Å². The summed E-state index contributed by atoms with van der Waals surface area (Å²) in [7, 11) is 6.74. The number of methoxy groups -OCH3 is 3. The van der Waals surface area contributed by atoms with Crippen molar-refractivity contribution >= 4 is 23.6 Å². The maximum absolute atomic E-state index is 13.0. The highest BCUT2D eigenvalue weighted by Crippen LogP contribution is 2.50. The first kappa shape index (κ1) is 30.0. The number of furan rings is 1. The second kappa shape index (κ2) is 13.2. The molecule has 1 aromatic heterocycles. The summed E-state index contributed by atoms with van der Waals surface area (Å²) in [4.78, 5) is 29.8. The average molecular weight is 590 g/mol. The summed E-state index contributed by atoms with van der Waals surface area (Å²) < 4.78 is 28.0. The van der Waals surface area contributed by atoms with Gasteiger partial charge in [-0.05, 0) is 77.5 Å². The summed E-state index contributed by atoms with van der Waals surface area (Å²) in [5, 5.41) is 2.97. The second-order valence-electron chi connectivity index (χ2n) is 10.9. The molecule has 1 saturated heterocycles. The van der Waals surface area contributed by atoms with Gasteiger partial charge in [0.2, 0.25) is 11.7 Å². The van der Waals surface area contributed by atoms with Crippen LogP contribution in [0.3, 0.4) is 0 Å². The molecule has 2 aliphatic rings. The van der Waals surface area contributed by atoms with Crippen molar-refractivity contribution in [2.75, 3.05) is 54.6 Å². The number of nitrogens with zero attached hydrogens (tertiary/aromatic N) is 2. The van der Waals surface area contributed by atoms with E-state index < -0.39 is 6.09 Å². The molecule has 1 fully saturated rings. The van der Waals surface area contributed by atoms with Gasteiger partial charge in [0.1, 0.15) is 11.5 Å². The van der Waals surface area contributed by atoms with Gasteiger partial charge >= 0.3 is 6.09 Å². The summed E-state index contributed by atoms with van der Waals surface area (Å²) in [5.74, 6) is 2.39. The lowest BCUT2D eigenvalue weighted by Crippen LogP contribution is -2.48. The van der Waals surface area contributed by atoms with E-state index in [4.69, 9.17) is 23.4 Å². The molecule has 3 aromatic rings. The zero-order valence-electron chi connectivity index (χ0n) is 25.3. The van der Waals surface area contributed by atoms with Gasteiger partial charge in [0.25, 0.3) is 0 Å². The fourth-order valence-corrected chi connectivity index (χ4v) is 5.74. The third-order valence-corrected chi connectivity index (χ3v) is 8.26. The van der Waals surface area contributed by atoms with Crippen molar-refractivity contribution in [3.63, 3.8) is 0 Å². The molecule has 0 bridgehead atoms. The van der Waals surface area contributed by atoms with E-state index in [1.54, 1.807) is 24.3 Å². The van der Waals surface area contributed by atoms with Crippen LogP contribution in [0.4, 0.5) is 4.79 Å². The molecular formula is C33H39N3O7. The monoisotopic (exact) mass is 589 g/mol. The van der Waals surface area contributed by atoms with E-state index in [0.717, 1.165) is 41.1 Å². The number of carbonyl (C=O) groups excluding carboxylic acids is 2. The fraction of sp³-hybridized carbons (Fsp3) is 0.394. The van der Waals surface area contributed by atoms with E-state index >= 15 is 0 Å². The maximum atomic E-state index is 13.0. The molecule has 0 spiro atoms. The van der Waals surface area contributed by atoms with E-state index in [1.165, 1.54) is 14.2 Å². The van der Waals surface area contributed by atoms with E-state index in [1.807, 2.05) is 43.4 Å². The molecule has 228 valence electrons. The molecule has 2 atom stereocenters. The minimum Gasteiger partial charge on any atom is -0.497 e. The molecule has 0 saturated carbocycles. The summed E-state index contributed by atoms with van der Waals surface area (Å²) in [5.41, 5.74) is 4.01. The molecule has 1 N–H and O–H groups in total. The van der Waals surface area contributed by atoms with E-state index in [2.05, 4.69) is 23.2 Å². The Balaban J connectivity index is 1.42. The predicted octanol–water partition coefficient (Wildman–Crippen LogP) is 5.03. The number of piperazine rings is 1. The first-order valence-electron chi connectivity index (χ1n) is 14.4. The smallest absolute Gasteiger partial charge is 0.415 e. The van der Waals surface area contributed by atoms with Crippen molar-refractivity contribution in [1.82, 2.24) is 15.1 Å². The van der Waals surface area contributed by atoms with Crippen molar-refractivity contribution < 1.29 is 33.0 Å². The van der Waals surface area contributed by atoms with Gasteiger partial charge in [-0.25, -0.2) is 4.79 Å². The van der Waals surface area contributed by atoms with Crippen LogP contribution in [-0.2, 0) is 11.3 Å². The molecule has 1 aliphatic heterocycles. The molecule has 2 aromatic carbocycles. The van der Waals surface area contributed by atoms with Gasteiger partial charge in [-0.3, -0.25) is 4.79 Å². The number of likely N-dealkylation sites (N-methyl/N-ethyl adjacent to an activating group) is 1. The first-order chi connectivity index (χ1) is 20.8. The fourth-order valence-electron chi connectivity index (χ4n) is 5.74. The third kappa shape index (κ3) is 6.64. The highest BCUT2D eigenvalue weighted by molar-refractivity contribution is 5.90. The van der Waals surface area contributed by atoms with Crippen molar-refractivity contribution in [1.29, 1.82) is 0 Å². The van der Waals surface area contributed by atoms with Crippen molar-refractivity contribution in [3.05, 3.63) is 71.2 Å². The van der Waals surface area contributed by atoms with Crippen LogP contribution < -0.4 is 24.3 Å². The first-order valence-corrected chi connectivity index (χ1v) is 14.4. The second-order valence-corrected chi connectivity index (χ2v) is 10.9. The van der Waals surface area contributed by atoms with Gasteiger partial charge < -0.3 is 38.5 Å². The number of nitrogens with one attached hydrogen (secondary N) is 1. The number of fused-ring (bicyclic) bond motifs is 1. The lowest BCUT2D eigenvalue weighted by atomic mass is 9.88. The molecule has 5 rings (SSSR count). The summed E-state index contributed by atoms with van der Waals surface area (Å²) in [6.45, 7) is 5.22. The summed E-state index contributed by atoms with van der Waals surface area (Å²) >= 11 is 0. The quantitative estimate of drug-likeness (QED) is 0.371. The van der Waals surface area contributed by atoms with Gasteiger partial charge in [0, 0.05) is 32.6 Å². The Hall–Kier alpha value is -4.44. The minimum atomic E-state index is -0.434. The zero-order valence-corrected chi connectivity index (χ0v) is 25.3. The largest absolute Gasteiger partial charge is 0.497 e. The predicted molar refractivity (Wildman–Crippen MR) is 163 cm³/mol. The Labute approximate surface area is 252 Å². The summed E-state index contributed by atoms with van der Waals surface area (Å²) in [6.07, 6.45) is 3.55. The van der Waals surface area contributed by atoms with E-state index in [9.17, 15) is 9.59 Å². The number of ether oxygens (including phenoxy) is 4. The Morgan fingerprint density at radius 2 is 1.72 bits per heavy atom. The standard InChI is InChI=1S/C33H39N3O7/c1-21-26(25-9-8-23(39-3)18-28(25)27(21)19-31(37)34-20-24-7-6-14-42-24)15-22-16-29(40-4)32(30(17-22)41-5)43-33(38)36-12-10-35(2)11-13-36/h6-9,14-18,21,27H,10-13,19-20H2,1-5H3,(H,34,37). The maximum Gasteiger partial charge on any atom is 0.415 e. The molecule has 1 aliphatic carbocycles. The number of allylic oxidation sites excluding steroid dienone is 1. The Bertz CT molecular complexity index is 1450. The average Bonchev–Trinajstić information content (AvgIpc) is 3.63. The van der Waals surface area contributed by atoms with E-state index in [0.29, 0.717) is 43.3 Å². The molecule has 2 amide bonds. The van der Waals surface area contributed by atoms with Gasteiger partial charge in [0.05, 0.1) is 34.1 Å². The van der Waals surface area contributed by atoms with Crippen LogP contribution >= 0.6 is 0 Å². The van der Waals surface area contributed by atoms with Crippen LogP contribution in [0.1, 0.15) is 41.7 Å². The topological polar surface area (TPSA) is 103 Å². The zero-order chi connectivity index (χ0) is 30.5. The lowest BCUT2D eigenvalue weighted by Gasteiger charge is -2.31. The molecule has 10 nitrogen and oxygen atoms in total. The van der Waals surface area contributed by atoms with Crippen LogP contribution in [-0.4, -0.2) is 76.4 Å². The SMILES string of the molecule is COc1ccc2c(c1)C(CC(=O)NCc1ccco1)C(C)C2=Cc1cc(OC)c(OC(=O)N2CCN(C)CC2)c(OC)c1. The molecule has 0 radical (unpaired) electrons. The van der Waals surface area contributed by atoms with Gasteiger partial charge in [-0.1, -0.05) is 19.1 Å². The third-order valence-electron chi connectivity index (χ3n) is 8.26. The van der Waals surface area contributed by atoms with Crippen LogP contribution in [0.5, 0.6) is 23.0 Å². The van der Waals surface area contributed by atoms with Crippen LogP contribution in [0.25, 0.3) is 11.6 Å². The number of rotatable bonds is 9. The van der Waals surface area contributed by atoms with Crippen molar-refractivity contribution in [3.8, 4) is 23.0 Å². The number of benzene rings is 2. The Morgan fingerprint density at radius 3 is 2.35 bits per heavy atom.